The Hall–Kier alpha value is -3.12. The highest BCUT2D eigenvalue weighted by molar-refractivity contribution is 5.81. The minimum absolute atomic E-state index is 0.0749. The van der Waals surface area contributed by atoms with E-state index in [9.17, 15) is 14.7 Å². The van der Waals surface area contributed by atoms with E-state index < -0.39 is 18.2 Å². The van der Waals surface area contributed by atoms with Crippen LogP contribution in [-0.2, 0) is 19.1 Å². The maximum Gasteiger partial charge on any atom is 0.330 e. The number of hydrogen-bond acceptors (Lipinski definition) is 6. The third-order valence-corrected chi connectivity index (χ3v) is 3.33. The fraction of sp³-hybridized carbons (Fsp3) is 0.200. The molecule has 6 heteroatoms. The molecule has 0 amide bonds. The molecule has 0 bridgehead atoms. The molecule has 1 N–H and O–H groups in total. The minimum Gasteiger partial charge on any atom is -0.465 e. The first-order valence-corrected chi connectivity index (χ1v) is 8.03. The summed E-state index contributed by atoms with van der Waals surface area (Å²) in [5, 5.41) is 9.82. The second kappa shape index (κ2) is 10.0. The summed E-state index contributed by atoms with van der Waals surface area (Å²) < 4.78 is 14.8. The van der Waals surface area contributed by atoms with Crippen molar-refractivity contribution < 1.29 is 28.9 Å². The summed E-state index contributed by atoms with van der Waals surface area (Å²) in [5.74, 6) is -0.818. The lowest BCUT2D eigenvalue weighted by Gasteiger charge is -2.13. The zero-order valence-electron chi connectivity index (χ0n) is 14.2. The maximum absolute atomic E-state index is 11.6. The SMILES string of the molecule is C=CC(=O)OCCOC(=O)CC(O)Oc1ccc(-c2ccccc2)cc1. The molecule has 6 nitrogen and oxygen atoms in total. The number of carbonyl (C=O) groups excluding carboxylic acids is 2. The molecule has 0 aromatic heterocycles. The van der Waals surface area contributed by atoms with E-state index in [0.29, 0.717) is 5.75 Å². The van der Waals surface area contributed by atoms with Crippen molar-refractivity contribution in [1.82, 2.24) is 0 Å². The van der Waals surface area contributed by atoms with Gasteiger partial charge in [-0.1, -0.05) is 49.0 Å². The number of hydrogen-bond donors (Lipinski definition) is 1. The molecule has 0 saturated carbocycles. The molecule has 1 atom stereocenters. The average molecular weight is 356 g/mol. The number of esters is 2. The van der Waals surface area contributed by atoms with Gasteiger partial charge in [0.2, 0.25) is 6.29 Å². The van der Waals surface area contributed by atoms with E-state index >= 15 is 0 Å². The Labute approximate surface area is 151 Å². The molecule has 0 aliphatic carbocycles. The van der Waals surface area contributed by atoms with Gasteiger partial charge >= 0.3 is 11.9 Å². The number of aliphatic hydroxyl groups is 1. The van der Waals surface area contributed by atoms with Crippen molar-refractivity contribution in [3.63, 3.8) is 0 Å². The standard InChI is InChI=1S/C20H20O6/c1-2-18(21)24-12-13-25-19(22)14-20(23)26-17-10-8-16(9-11-17)15-6-4-3-5-7-15/h2-11,20,23H,1,12-14H2. The van der Waals surface area contributed by atoms with E-state index in [1.54, 1.807) is 12.1 Å². The monoisotopic (exact) mass is 356 g/mol. The highest BCUT2D eigenvalue weighted by Gasteiger charge is 2.14. The van der Waals surface area contributed by atoms with Crippen molar-refractivity contribution in [2.24, 2.45) is 0 Å². The van der Waals surface area contributed by atoms with Crippen LogP contribution in [0.3, 0.4) is 0 Å². The van der Waals surface area contributed by atoms with Gasteiger partial charge in [-0.05, 0) is 23.3 Å². The van der Waals surface area contributed by atoms with Crippen molar-refractivity contribution in [3.8, 4) is 16.9 Å². The van der Waals surface area contributed by atoms with Gasteiger partial charge in [-0.3, -0.25) is 4.79 Å². The Morgan fingerprint density at radius 3 is 2.23 bits per heavy atom. The van der Waals surface area contributed by atoms with Crippen LogP contribution in [0.1, 0.15) is 6.42 Å². The minimum atomic E-state index is -1.33. The quantitative estimate of drug-likeness (QED) is 0.322. The van der Waals surface area contributed by atoms with Gasteiger partial charge in [0, 0.05) is 6.08 Å². The third kappa shape index (κ3) is 6.41. The molecule has 2 aromatic carbocycles. The first kappa shape index (κ1) is 19.2. The molecule has 0 spiro atoms. The molecular formula is C20H20O6. The third-order valence-electron chi connectivity index (χ3n) is 3.33. The maximum atomic E-state index is 11.6. The van der Waals surface area contributed by atoms with E-state index in [1.165, 1.54) is 0 Å². The highest BCUT2D eigenvalue weighted by Crippen LogP contribution is 2.22. The Morgan fingerprint density at radius 1 is 0.962 bits per heavy atom. The Morgan fingerprint density at radius 2 is 1.58 bits per heavy atom. The van der Waals surface area contributed by atoms with Crippen LogP contribution >= 0.6 is 0 Å². The fourth-order valence-electron chi connectivity index (χ4n) is 2.11. The normalized spacial score (nSPS) is 11.3. The fourth-order valence-corrected chi connectivity index (χ4v) is 2.11. The molecule has 0 heterocycles. The number of rotatable bonds is 9. The van der Waals surface area contributed by atoms with Crippen LogP contribution in [0.5, 0.6) is 5.75 Å². The Bertz CT molecular complexity index is 724. The molecule has 0 aliphatic heterocycles. The van der Waals surface area contributed by atoms with Crippen LogP contribution in [-0.4, -0.2) is 36.5 Å². The summed E-state index contributed by atoms with van der Waals surface area (Å²) in [6.07, 6.45) is -0.654. The number of aliphatic hydroxyl groups excluding tert-OH is 1. The summed E-state index contributed by atoms with van der Waals surface area (Å²) in [6.45, 7) is 3.07. The van der Waals surface area contributed by atoms with Gasteiger partial charge in [-0.15, -0.1) is 0 Å². The van der Waals surface area contributed by atoms with E-state index in [1.807, 2.05) is 42.5 Å². The summed E-state index contributed by atoms with van der Waals surface area (Å²) in [5.41, 5.74) is 2.08. The summed E-state index contributed by atoms with van der Waals surface area (Å²) >= 11 is 0. The lowest BCUT2D eigenvalue weighted by Crippen LogP contribution is -2.22. The van der Waals surface area contributed by atoms with Gasteiger partial charge in [0.1, 0.15) is 25.4 Å². The second-order valence-electron chi connectivity index (χ2n) is 5.26. The Kier molecular flexibility index (Phi) is 7.39. The highest BCUT2D eigenvalue weighted by atomic mass is 16.6. The first-order valence-electron chi connectivity index (χ1n) is 8.03. The molecule has 0 saturated heterocycles. The molecule has 2 rings (SSSR count). The zero-order valence-corrected chi connectivity index (χ0v) is 14.2. The van der Waals surface area contributed by atoms with E-state index in [4.69, 9.17) is 9.47 Å². The lowest BCUT2D eigenvalue weighted by molar-refractivity contribution is -0.155. The van der Waals surface area contributed by atoms with Gasteiger partial charge in [-0.2, -0.15) is 0 Å². The zero-order chi connectivity index (χ0) is 18.8. The van der Waals surface area contributed by atoms with Crippen LogP contribution in [0, 0.1) is 0 Å². The van der Waals surface area contributed by atoms with Gasteiger partial charge in [-0.25, -0.2) is 4.79 Å². The molecule has 2 aromatic rings. The second-order valence-corrected chi connectivity index (χ2v) is 5.26. The van der Waals surface area contributed by atoms with Gasteiger partial charge in [0.15, 0.2) is 0 Å². The van der Waals surface area contributed by atoms with E-state index in [2.05, 4.69) is 11.3 Å². The molecule has 0 radical (unpaired) electrons. The predicted octanol–water partition coefficient (Wildman–Crippen LogP) is 2.71. The van der Waals surface area contributed by atoms with Gasteiger partial charge < -0.3 is 19.3 Å². The lowest BCUT2D eigenvalue weighted by atomic mass is 10.1. The smallest absolute Gasteiger partial charge is 0.330 e. The van der Waals surface area contributed by atoms with Crippen LogP contribution in [0.4, 0.5) is 0 Å². The van der Waals surface area contributed by atoms with Crippen LogP contribution in [0.15, 0.2) is 67.3 Å². The van der Waals surface area contributed by atoms with Crippen LogP contribution < -0.4 is 4.74 Å². The van der Waals surface area contributed by atoms with Crippen molar-refractivity contribution in [1.29, 1.82) is 0 Å². The number of carbonyl (C=O) groups is 2. The van der Waals surface area contributed by atoms with Crippen LogP contribution in [0.2, 0.25) is 0 Å². The molecular weight excluding hydrogens is 336 g/mol. The van der Waals surface area contributed by atoms with E-state index in [-0.39, 0.29) is 19.6 Å². The summed E-state index contributed by atoms with van der Waals surface area (Å²) in [7, 11) is 0. The van der Waals surface area contributed by atoms with Crippen molar-refractivity contribution in [3.05, 3.63) is 67.3 Å². The van der Waals surface area contributed by atoms with Crippen molar-refractivity contribution in [2.75, 3.05) is 13.2 Å². The topological polar surface area (TPSA) is 82.1 Å². The Balaban J connectivity index is 1.75. The summed E-state index contributed by atoms with van der Waals surface area (Å²) in [6, 6.07) is 17.0. The average Bonchev–Trinajstić information content (AvgIpc) is 2.66. The molecule has 136 valence electrons. The van der Waals surface area contributed by atoms with Gasteiger partial charge in [0.25, 0.3) is 0 Å². The molecule has 1 unspecified atom stereocenters. The van der Waals surface area contributed by atoms with Crippen molar-refractivity contribution >= 4 is 11.9 Å². The van der Waals surface area contributed by atoms with Crippen molar-refractivity contribution in [2.45, 2.75) is 12.7 Å². The predicted molar refractivity (Wildman–Crippen MR) is 95.2 cm³/mol. The molecule has 0 fully saturated rings. The summed E-state index contributed by atoms with van der Waals surface area (Å²) in [4.78, 5) is 22.4. The number of ether oxygens (including phenoxy) is 3. The van der Waals surface area contributed by atoms with Gasteiger partial charge in [0.05, 0.1) is 0 Å². The molecule has 26 heavy (non-hydrogen) atoms. The molecule has 0 aliphatic rings. The van der Waals surface area contributed by atoms with E-state index in [0.717, 1.165) is 17.2 Å². The largest absolute Gasteiger partial charge is 0.465 e. The van der Waals surface area contributed by atoms with Crippen LogP contribution in [0.25, 0.3) is 11.1 Å². The number of benzene rings is 2. The first-order chi connectivity index (χ1) is 12.6.